The van der Waals surface area contributed by atoms with Crippen molar-refractivity contribution in [1.29, 1.82) is 0 Å². The molecule has 2 rings (SSSR count). The number of aliphatic carboxylic acids is 1. The first-order chi connectivity index (χ1) is 7.99. The van der Waals surface area contributed by atoms with E-state index in [2.05, 4.69) is 20.9 Å². The molecule has 0 fully saturated rings. The lowest BCUT2D eigenvalue weighted by Gasteiger charge is -2.06. The number of aryl methyl sites for hydroxylation is 1. The standard InChI is InChI=1S/C12H10BrNO3/c1-6-8(5-11(15)16)12(17)9-4-7(13)2-3-10(9)14-6/h2-4H,5H2,1H3,(H,14,17)(H,15,16). The van der Waals surface area contributed by atoms with Gasteiger partial charge in [0.1, 0.15) is 0 Å². The van der Waals surface area contributed by atoms with Crippen LogP contribution >= 0.6 is 15.9 Å². The third-order valence-corrected chi connectivity index (χ3v) is 3.10. The molecular weight excluding hydrogens is 286 g/mol. The van der Waals surface area contributed by atoms with Crippen molar-refractivity contribution in [3.8, 4) is 0 Å². The minimum atomic E-state index is -1.01. The Morgan fingerprint density at radius 3 is 2.82 bits per heavy atom. The molecule has 0 aliphatic rings. The maximum Gasteiger partial charge on any atom is 0.308 e. The normalized spacial score (nSPS) is 10.7. The highest BCUT2D eigenvalue weighted by Crippen LogP contribution is 2.17. The number of rotatable bonds is 2. The molecule has 0 saturated carbocycles. The first-order valence-electron chi connectivity index (χ1n) is 5.02. The molecule has 1 aromatic carbocycles. The van der Waals surface area contributed by atoms with E-state index in [1.807, 2.05) is 6.07 Å². The van der Waals surface area contributed by atoms with E-state index in [1.54, 1.807) is 19.1 Å². The van der Waals surface area contributed by atoms with Crippen LogP contribution in [0.5, 0.6) is 0 Å². The molecule has 1 heterocycles. The Labute approximate surface area is 105 Å². The Bertz CT molecular complexity index is 661. The molecule has 0 atom stereocenters. The predicted octanol–water partition coefficient (Wildman–Crippen LogP) is 2.23. The van der Waals surface area contributed by atoms with Gasteiger partial charge in [-0.15, -0.1) is 0 Å². The highest BCUT2D eigenvalue weighted by molar-refractivity contribution is 9.10. The number of H-pyrrole nitrogens is 1. The zero-order valence-electron chi connectivity index (χ0n) is 9.08. The maximum absolute atomic E-state index is 12.1. The van der Waals surface area contributed by atoms with Gasteiger partial charge in [-0.1, -0.05) is 15.9 Å². The van der Waals surface area contributed by atoms with Crippen LogP contribution in [-0.4, -0.2) is 16.1 Å². The molecule has 0 bridgehead atoms. The molecule has 1 aromatic heterocycles. The van der Waals surface area contributed by atoms with Gasteiger partial charge in [0.25, 0.3) is 0 Å². The Balaban J connectivity index is 2.78. The van der Waals surface area contributed by atoms with E-state index >= 15 is 0 Å². The summed E-state index contributed by atoms with van der Waals surface area (Å²) in [6.07, 6.45) is -0.260. The molecule has 4 nitrogen and oxygen atoms in total. The van der Waals surface area contributed by atoms with Crippen molar-refractivity contribution < 1.29 is 9.90 Å². The fourth-order valence-corrected chi connectivity index (χ4v) is 2.15. The van der Waals surface area contributed by atoms with E-state index in [4.69, 9.17) is 5.11 Å². The summed E-state index contributed by atoms with van der Waals surface area (Å²) in [6.45, 7) is 1.71. The zero-order valence-corrected chi connectivity index (χ0v) is 10.7. The van der Waals surface area contributed by atoms with E-state index in [0.29, 0.717) is 22.2 Å². The fourth-order valence-electron chi connectivity index (χ4n) is 1.79. The van der Waals surface area contributed by atoms with Crippen LogP contribution < -0.4 is 5.43 Å². The average molecular weight is 296 g/mol. The summed E-state index contributed by atoms with van der Waals surface area (Å²) >= 11 is 3.29. The SMILES string of the molecule is Cc1[nH]c2ccc(Br)cc2c(=O)c1CC(=O)O. The number of pyridine rings is 1. The van der Waals surface area contributed by atoms with Gasteiger partial charge in [-0.2, -0.15) is 0 Å². The van der Waals surface area contributed by atoms with Crippen molar-refractivity contribution in [3.05, 3.63) is 44.2 Å². The maximum atomic E-state index is 12.1. The number of fused-ring (bicyclic) bond motifs is 1. The van der Waals surface area contributed by atoms with Crippen molar-refractivity contribution >= 4 is 32.8 Å². The lowest BCUT2D eigenvalue weighted by atomic mass is 10.1. The molecule has 0 aliphatic heterocycles. The van der Waals surface area contributed by atoms with Gasteiger partial charge < -0.3 is 10.1 Å². The van der Waals surface area contributed by atoms with Crippen LogP contribution in [0.4, 0.5) is 0 Å². The van der Waals surface area contributed by atoms with Crippen molar-refractivity contribution in [1.82, 2.24) is 4.98 Å². The summed E-state index contributed by atoms with van der Waals surface area (Å²) in [6, 6.07) is 5.31. The molecular formula is C12H10BrNO3. The van der Waals surface area contributed by atoms with E-state index in [-0.39, 0.29) is 11.8 Å². The smallest absolute Gasteiger partial charge is 0.308 e. The van der Waals surface area contributed by atoms with Crippen molar-refractivity contribution in [2.75, 3.05) is 0 Å². The molecule has 0 amide bonds. The predicted molar refractivity (Wildman–Crippen MR) is 68.3 cm³/mol. The number of nitrogens with one attached hydrogen (secondary N) is 1. The minimum Gasteiger partial charge on any atom is -0.481 e. The van der Waals surface area contributed by atoms with Gasteiger partial charge in [-0.25, -0.2) is 0 Å². The number of carboxylic acids is 1. The molecule has 17 heavy (non-hydrogen) atoms. The highest BCUT2D eigenvalue weighted by Gasteiger charge is 2.12. The Kier molecular flexibility index (Phi) is 3.02. The van der Waals surface area contributed by atoms with Crippen molar-refractivity contribution in [2.45, 2.75) is 13.3 Å². The van der Waals surface area contributed by atoms with E-state index in [0.717, 1.165) is 4.47 Å². The monoisotopic (exact) mass is 295 g/mol. The second kappa shape index (κ2) is 4.33. The largest absolute Gasteiger partial charge is 0.481 e. The summed E-state index contributed by atoms with van der Waals surface area (Å²) in [5, 5.41) is 9.28. The second-order valence-corrected chi connectivity index (χ2v) is 4.73. The number of halogens is 1. The number of carboxylic acid groups (broad SMARTS) is 1. The summed E-state index contributed by atoms with van der Waals surface area (Å²) < 4.78 is 0.792. The van der Waals surface area contributed by atoms with Crippen molar-refractivity contribution in [2.24, 2.45) is 0 Å². The minimum absolute atomic E-state index is 0.222. The van der Waals surface area contributed by atoms with E-state index < -0.39 is 5.97 Å². The van der Waals surface area contributed by atoms with E-state index in [1.165, 1.54) is 0 Å². The van der Waals surface area contributed by atoms with Gasteiger partial charge in [0.15, 0.2) is 5.43 Å². The number of hydrogen-bond donors (Lipinski definition) is 2. The zero-order chi connectivity index (χ0) is 12.6. The average Bonchev–Trinajstić information content (AvgIpc) is 2.25. The van der Waals surface area contributed by atoms with Gasteiger partial charge in [-0.05, 0) is 25.1 Å². The van der Waals surface area contributed by atoms with Gasteiger partial charge in [0, 0.05) is 26.6 Å². The molecule has 0 radical (unpaired) electrons. The van der Waals surface area contributed by atoms with Crippen LogP contribution in [-0.2, 0) is 11.2 Å². The number of benzene rings is 1. The molecule has 2 N–H and O–H groups in total. The fraction of sp³-hybridized carbons (Fsp3) is 0.167. The topological polar surface area (TPSA) is 70.2 Å². The lowest BCUT2D eigenvalue weighted by Crippen LogP contribution is -2.17. The van der Waals surface area contributed by atoms with Gasteiger partial charge in [0.05, 0.1) is 6.42 Å². The van der Waals surface area contributed by atoms with Crippen molar-refractivity contribution in [3.63, 3.8) is 0 Å². The van der Waals surface area contributed by atoms with Gasteiger partial charge >= 0.3 is 5.97 Å². The van der Waals surface area contributed by atoms with E-state index in [9.17, 15) is 9.59 Å². The molecule has 0 saturated heterocycles. The number of hydrogen-bond acceptors (Lipinski definition) is 2. The Morgan fingerprint density at radius 1 is 1.47 bits per heavy atom. The van der Waals surface area contributed by atoms with Gasteiger partial charge in [0.2, 0.25) is 0 Å². The summed E-state index contributed by atoms with van der Waals surface area (Å²) in [5.41, 5.74) is 1.40. The first-order valence-corrected chi connectivity index (χ1v) is 5.81. The number of aromatic nitrogens is 1. The summed E-state index contributed by atoms with van der Waals surface area (Å²) in [7, 11) is 0. The van der Waals surface area contributed by atoms with Crippen LogP contribution in [0.2, 0.25) is 0 Å². The van der Waals surface area contributed by atoms with Crippen LogP contribution in [0.15, 0.2) is 27.5 Å². The summed E-state index contributed by atoms with van der Waals surface area (Å²) in [5.74, 6) is -1.01. The van der Waals surface area contributed by atoms with Crippen LogP contribution in [0.25, 0.3) is 10.9 Å². The third-order valence-electron chi connectivity index (χ3n) is 2.60. The summed E-state index contributed by atoms with van der Waals surface area (Å²) in [4.78, 5) is 25.9. The number of aromatic amines is 1. The molecule has 5 heteroatoms. The molecule has 0 aliphatic carbocycles. The van der Waals surface area contributed by atoms with Crippen LogP contribution in [0, 0.1) is 6.92 Å². The second-order valence-electron chi connectivity index (χ2n) is 3.82. The number of carbonyl (C=O) groups is 1. The lowest BCUT2D eigenvalue weighted by molar-refractivity contribution is -0.136. The van der Waals surface area contributed by atoms with Gasteiger partial charge in [-0.3, -0.25) is 9.59 Å². The van der Waals surface area contributed by atoms with Crippen LogP contribution in [0.1, 0.15) is 11.3 Å². The van der Waals surface area contributed by atoms with Crippen LogP contribution in [0.3, 0.4) is 0 Å². The quantitative estimate of drug-likeness (QED) is 0.892. The Morgan fingerprint density at radius 2 is 2.18 bits per heavy atom. The highest BCUT2D eigenvalue weighted by atomic mass is 79.9. The molecule has 0 spiro atoms. The third kappa shape index (κ3) is 2.24. The Hall–Kier alpha value is -1.62. The first kappa shape index (κ1) is 11.9. The molecule has 88 valence electrons. The molecule has 2 aromatic rings. The molecule has 0 unspecified atom stereocenters.